The maximum atomic E-state index is 13.1. The molecule has 0 radical (unpaired) electrons. The van der Waals surface area contributed by atoms with Gasteiger partial charge < -0.3 is 9.64 Å². The Morgan fingerprint density at radius 1 is 1.08 bits per heavy atom. The van der Waals surface area contributed by atoms with Gasteiger partial charge in [-0.05, 0) is 37.1 Å². The Balaban J connectivity index is 1.65. The van der Waals surface area contributed by atoms with Gasteiger partial charge in [-0.15, -0.1) is 11.3 Å². The van der Waals surface area contributed by atoms with E-state index in [4.69, 9.17) is 4.74 Å². The van der Waals surface area contributed by atoms with Crippen LogP contribution in [0.5, 0.6) is 0 Å². The Hall–Kier alpha value is -1.56. The van der Waals surface area contributed by atoms with Crippen LogP contribution >= 0.6 is 11.3 Å². The summed E-state index contributed by atoms with van der Waals surface area (Å²) in [7, 11) is 0. The highest BCUT2D eigenvalue weighted by molar-refractivity contribution is 7.14. The zero-order valence-electron chi connectivity index (χ0n) is 15.7. The molecule has 144 valence electrons. The third-order valence-corrected chi connectivity index (χ3v) is 6.39. The molecular weight excluding hydrogens is 348 g/mol. The molecule has 1 aromatic heterocycles. The van der Waals surface area contributed by atoms with Gasteiger partial charge >= 0.3 is 12.0 Å². The van der Waals surface area contributed by atoms with Crippen molar-refractivity contribution in [2.75, 3.05) is 5.32 Å². The topological polar surface area (TPSA) is 58.6 Å². The fourth-order valence-electron chi connectivity index (χ4n) is 4.22. The minimum atomic E-state index is -0.289. The number of hydrogen-bond acceptors (Lipinski definition) is 4. The second kappa shape index (κ2) is 9.40. The van der Waals surface area contributed by atoms with Crippen LogP contribution in [-0.2, 0) is 16.1 Å². The van der Waals surface area contributed by atoms with Crippen LogP contribution in [-0.4, -0.2) is 29.0 Å². The van der Waals surface area contributed by atoms with Gasteiger partial charge in [0.1, 0.15) is 6.61 Å². The molecule has 3 rings (SSSR count). The standard InChI is InChI=1S/C20H30N2O3S/c1-15(23)25-13-16-12-19(26-14-16)21-20(24)22(17-8-4-2-5-9-17)18-10-6-3-7-11-18/h12,14,17-18H,2-11,13H2,1H3,(H,21,24). The highest BCUT2D eigenvalue weighted by atomic mass is 32.1. The van der Waals surface area contributed by atoms with Crippen molar-refractivity contribution in [1.29, 1.82) is 0 Å². The van der Waals surface area contributed by atoms with Gasteiger partial charge in [-0.2, -0.15) is 0 Å². The summed E-state index contributed by atoms with van der Waals surface area (Å²) in [5.41, 5.74) is 0.919. The number of hydrogen-bond donors (Lipinski definition) is 1. The van der Waals surface area contributed by atoms with Gasteiger partial charge in [-0.3, -0.25) is 10.1 Å². The zero-order valence-corrected chi connectivity index (χ0v) is 16.5. The zero-order chi connectivity index (χ0) is 18.4. The molecule has 2 amide bonds. The predicted octanol–water partition coefficient (Wildman–Crippen LogP) is 5.31. The van der Waals surface area contributed by atoms with Crippen LogP contribution in [0.1, 0.15) is 76.7 Å². The van der Waals surface area contributed by atoms with E-state index in [-0.39, 0.29) is 18.6 Å². The first kappa shape index (κ1) is 19.2. The number of amides is 2. The van der Waals surface area contributed by atoms with Crippen molar-refractivity contribution in [1.82, 2.24) is 4.90 Å². The summed E-state index contributed by atoms with van der Waals surface area (Å²) in [6.07, 6.45) is 12.0. The molecule has 2 saturated carbocycles. The fraction of sp³-hybridized carbons (Fsp3) is 0.700. The summed E-state index contributed by atoms with van der Waals surface area (Å²) in [4.78, 5) is 26.2. The summed E-state index contributed by atoms with van der Waals surface area (Å²) < 4.78 is 5.03. The Labute approximate surface area is 160 Å². The molecule has 2 fully saturated rings. The minimum absolute atomic E-state index is 0.0460. The quantitative estimate of drug-likeness (QED) is 0.706. The molecule has 1 N–H and O–H groups in total. The first-order chi connectivity index (χ1) is 12.6. The SMILES string of the molecule is CC(=O)OCc1csc(NC(=O)N(C2CCCCC2)C2CCCCC2)c1. The van der Waals surface area contributed by atoms with Crippen LogP contribution in [0, 0.1) is 0 Å². The molecule has 0 bridgehead atoms. The number of nitrogens with one attached hydrogen (secondary N) is 1. The van der Waals surface area contributed by atoms with E-state index in [1.807, 2.05) is 11.4 Å². The predicted molar refractivity (Wildman–Crippen MR) is 104 cm³/mol. The van der Waals surface area contributed by atoms with Crippen molar-refractivity contribution in [2.24, 2.45) is 0 Å². The van der Waals surface area contributed by atoms with E-state index in [0.29, 0.717) is 12.1 Å². The molecule has 0 unspecified atom stereocenters. The van der Waals surface area contributed by atoms with Crippen molar-refractivity contribution in [3.05, 3.63) is 17.0 Å². The lowest BCUT2D eigenvalue weighted by Crippen LogP contribution is -2.50. The van der Waals surface area contributed by atoms with Gasteiger partial charge in [-0.25, -0.2) is 4.79 Å². The normalized spacial score (nSPS) is 19.1. The lowest BCUT2D eigenvalue weighted by Gasteiger charge is -2.41. The summed E-state index contributed by atoms with van der Waals surface area (Å²) >= 11 is 1.49. The molecule has 2 aliphatic rings. The number of nitrogens with zero attached hydrogens (tertiary/aromatic N) is 1. The first-order valence-electron chi connectivity index (χ1n) is 9.93. The van der Waals surface area contributed by atoms with E-state index in [1.54, 1.807) is 0 Å². The van der Waals surface area contributed by atoms with E-state index in [1.165, 1.54) is 56.8 Å². The Kier molecular flexibility index (Phi) is 6.94. The molecular formula is C20H30N2O3S. The largest absolute Gasteiger partial charge is 0.461 e. The van der Waals surface area contributed by atoms with Gasteiger partial charge in [0.25, 0.3) is 0 Å². The van der Waals surface area contributed by atoms with Gasteiger partial charge in [0.2, 0.25) is 0 Å². The van der Waals surface area contributed by atoms with Crippen molar-refractivity contribution in [3.8, 4) is 0 Å². The minimum Gasteiger partial charge on any atom is -0.461 e. The van der Waals surface area contributed by atoms with Gasteiger partial charge in [-0.1, -0.05) is 38.5 Å². The molecule has 1 aromatic rings. The maximum absolute atomic E-state index is 13.1. The van der Waals surface area contributed by atoms with E-state index in [9.17, 15) is 9.59 Å². The van der Waals surface area contributed by atoms with Gasteiger partial charge in [0.05, 0.1) is 5.00 Å². The lowest BCUT2D eigenvalue weighted by atomic mass is 9.89. The van der Waals surface area contributed by atoms with Crippen LogP contribution in [0.2, 0.25) is 0 Å². The summed E-state index contributed by atoms with van der Waals surface area (Å²) in [6, 6.07) is 2.72. The highest BCUT2D eigenvalue weighted by Crippen LogP contribution is 2.31. The van der Waals surface area contributed by atoms with Gasteiger partial charge in [0.15, 0.2) is 0 Å². The molecule has 0 aromatic carbocycles. The van der Waals surface area contributed by atoms with Crippen LogP contribution in [0.25, 0.3) is 0 Å². The van der Waals surface area contributed by atoms with E-state index in [0.717, 1.165) is 36.2 Å². The summed E-state index contributed by atoms with van der Waals surface area (Å²) in [6.45, 7) is 1.66. The average Bonchev–Trinajstić information content (AvgIpc) is 3.09. The molecule has 2 aliphatic carbocycles. The Bertz CT molecular complexity index is 586. The number of esters is 1. The van der Waals surface area contributed by atoms with E-state index < -0.39 is 0 Å². The number of carbonyl (C=O) groups is 2. The van der Waals surface area contributed by atoms with E-state index >= 15 is 0 Å². The molecule has 5 nitrogen and oxygen atoms in total. The lowest BCUT2D eigenvalue weighted by molar-refractivity contribution is -0.142. The average molecular weight is 379 g/mol. The number of carbonyl (C=O) groups excluding carboxylic acids is 2. The van der Waals surface area contributed by atoms with Crippen LogP contribution in [0.15, 0.2) is 11.4 Å². The van der Waals surface area contributed by atoms with Crippen molar-refractivity contribution < 1.29 is 14.3 Å². The number of rotatable bonds is 5. The number of thiophene rings is 1. The molecule has 6 heteroatoms. The second-order valence-electron chi connectivity index (χ2n) is 7.52. The number of ether oxygens (including phenoxy) is 1. The monoisotopic (exact) mass is 378 g/mol. The third kappa shape index (κ3) is 5.22. The number of urea groups is 1. The molecule has 0 spiro atoms. The Morgan fingerprint density at radius 3 is 2.19 bits per heavy atom. The summed E-state index contributed by atoms with van der Waals surface area (Å²) in [5.74, 6) is -0.289. The molecule has 0 atom stereocenters. The van der Waals surface area contributed by atoms with Crippen molar-refractivity contribution >= 4 is 28.3 Å². The van der Waals surface area contributed by atoms with Crippen molar-refractivity contribution in [3.63, 3.8) is 0 Å². The van der Waals surface area contributed by atoms with Crippen LogP contribution in [0.3, 0.4) is 0 Å². The molecule has 0 saturated heterocycles. The van der Waals surface area contributed by atoms with Crippen LogP contribution < -0.4 is 5.32 Å². The smallest absolute Gasteiger partial charge is 0.322 e. The maximum Gasteiger partial charge on any atom is 0.322 e. The summed E-state index contributed by atoms with van der Waals surface area (Å²) in [5, 5.41) is 5.87. The third-order valence-electron chi connectivity index (χ3n) is 5.50. The van der Waals surface area contributed by atoms with Crippen LogP contribution in [0.4, 0.5) is 9.80 Å². The molecule has 26 heavy (non-hydrogen) atoms. The molecule has 0 aliphatic heterocycles. The second-order valence-corrected chi connectivity index (χ2v) is 8.43. The first-order valence-corrected chi connectivity index (χ1v) is 10.8. The van der Waals surface area contributed by atoms with E-state index in [2.05, 4.69) is 10.2 Å². The number of anilines is 1. The van der Waals surface area contributed by atoms with Crippen molar-refractivity contribution in [2.45, 2.75) is 89.8 Å². The Morgan fingerprint density at radius 2 is 1.65 bits per heavy atom. The van der Waals surface area contributed by atoms with Gasteiger partial charge in [0, 0.05) is 24.6 Å². The molecule has 1 heterocycles. The highest BCUT2D eigenvalue weighted by Gasteiger charge is 2.32. The fourth-order valence-corrected chi connectivity index (χ4v) is 5.00.